The maximum atomic E-state index is 10.9. The number of nitrogens with one attached hydrogen (secondary N) is 1. The number of aryl methyl sites for hydroxylation is 1. The molecule has 0 aliphatic carbocycles. The number of likely N-dealkylation sites (N-methyl/N-ethyl adjacent to an activating group) is 1. The lowest BCUT2D eigenvalue weighted by molar-refractivity contribution is -0.385. The molecule has 1 aromatic rings. The molecule has 0 aliphatic rings. The Bertz CT molecular complexity index is 463. The molecule has 2 N–H and O–H groups in total. The largest absolute Gasteiger partial charge is 0.390 e. The summed E-state index contributed by atoms with van der Waals surface area (Å²) in [5.74, 6) is 0. The molecular formula is C14H23N3O3. The zero-order valence-electron chi connectivity index (χ0n) is 12.5. The Balaban J connectivity index is 2.66. The van der Waals surface area contributed by atoms with Gasteiger partial charge in [0.25, 0.3) is 5.69 Å². The highest BCUT2D eigenvalue weighted by atomic mass is 16.6. The summed E-state index contributed by atoms with van der Waals surface area (Å²) in [5.41, 5.74) is 1.63. The van der Waals surface area contributed by atoms with Crippen molar-refractivity contribution in [3.8, 4) is 0 Å². The average Bonchev–Trinajstić information content (AvgIpc) is 2.35. The minimum Gasteiger partial charge on any atom is -0.390 e. The molecule has 0 spiro atoms. The number of benzene rings is 1. The SMILES string of the molecule is Cc1ccc(C(C)NCC(O)CN(C)C)cc1[N+](=O)[O-]. The summed E-state index contributed by atoms with van der Waals surface area (Å²) in [6, 6.07) is 5.16. The molecule has 2 atom stereocenters. The van der Waals surface area contributed by atoms with Crippen molar-refractivity contribution in [1.29, 1.82) is 0 Å². The molecule has 1 rings (SSSR count). The van der Waals surface area contributed by atoms with Gasteiger partial charge in [0, 0.05) is 30.8 Å². The van der Waals surface area contributed by atoms with Crippen LogP contribution < -0.4 is 5.32 Å². The van der Waals surface area contributed by atoms with Crippen molar-refractivity contribution in [2.24, 2.45) is 0 Å². The second-order valence-corrected chi connectivity index (χ2v) is 5.35. The summed E-state index contributed by atoms with van der Waals surface area (Å²) in [7, 11) is 3.80. The first-order valence-corrected chi connectivity index (χ1v) is 6.62. The quantitative estimate of drug-likeness (QED) is 0.584. The van der Waals surface area contributed by atoms with Crippen molar-refractivity contribution in [2.75, 3.05) is 27.2 Å². The van der Waals surface area contributed by atoms with Crippen LogP contribution in [0.4, 0.5) is 5.69 Å². The van der Waals surface area contributed by atoms with Crippen LogP contribution in [0.25, 0.3) is 0 Å². The van der Waals surface area contributed by atoms with Crippen LogP contribution in [0.3, 0.4) is 0 Å². The third-order valence-electron chi connectivity index (χ3n) is 3.17. The van der Waals surface area contributed by atoms with E-state index < -0.39 is 6.10 Å². The highest BCUT2D eigenvalue weighted by molar-refractivity contribution is 5.43. The molecule has 0 fully saturated rings. The number of hydrogen-bond acceptors (Lipinski definition) is 5. The van der Waals surface area contributed by atoms with Crippen LogP contribution in [-0.2, 0) is 0 Å². The topological polar surface area (TPSA) is 78.6 Å². The van der Waals surface area contributed by atoms with Crippen LogP contribution >= 0.6 is 0 Å². The van der Waals surface area contributed by atoms with Gasteiger partial charge in [0.1, 0.15) is 0 Å². The molecule has 1 aromatic carbocycles. The molecule has 0 heterocycles. The van der Waals surface area contributed by atoms with Crippen LogP contribution in [-0.4, -0.2) is 48.2 Å². The first-order chi connectivity index (χ1) is 9.31. The smallest absolute Gasteiger partial charge is 0.272 e. The fourth-order valence-corrected chi connectivity index (χ4v) is 2.01. The highest BCUT2D eigenvalue weighted by Gasteiger charge is 2.15. The van der Waals surface area contributed by atoms with Crippen molar-refractivity contribution >= 4 is 5.69 Å². The van der Waals surface area contributed by atoms with Gasteiger partial charge in [-0.05, 0) is 33.5 Å². The minimum absolute atomic E-state index is 0.0499. The van der Waals surface area contributed by atoms with Crippen molar-refractivity contribution < 1.29 is 10.0 Å². The second-order valence-electron chi connectivity index (χ2n) is 5.35. The third kappa shape index (κ3) is 4.88. The molecular weight excluding hydrogens is 258 g/mol. The Hall–Kier alpha value is -1.50. The molecule has 112 valence electrons. The molecule has 0 amide bonds. The highest BCUT2D eigenvalue weighted by Crippen LogP contribution is 2.23. The van der Waals surface area contributed by atoms with E-state index in [1.165, 1.54) is 0 Å². The maximum Gasteiger partial charge on any atom is 0.272 e. The van der Waals surface area contributed by atoms with Crippen molar-refractivity contribution in [1.82, 2.24) is 10.2 Å². The van der Waals surface area contributed by atoms with E-state index in [1.54, 1.807) is 19.1 Å². The van der Waals surface area contributed by atoms with Gasteiger partial charge in [-0.2, -0.15) is 0 Å². The van der Waals surface area contributed by atoms with Gasteiger partial charge in [-0.15, -0.1) is 0 Å². The number of aliphatic hydroxyl groups excluding tert-OH is 1. The Kier molecular flexibility index (Phi) is 6.06. The van der Waals surface area contributed by atoms with Gasteiger partial charge in [0.15, 0.2) is 0 Å². The summed E-state index contributed by atoms with van der Waals surface area (Å²) in [5, 5.41) is 23.9. The van der Waals surface area contributed by atoms with E-state index >= 15 is 0 Å². The predicted molar refractivity (Wildman–Crippen MR) is 78.8 cm³/mol. The molecule has 6 nitrogen and oxygen atoms in total. The van der Waals surface area contributed by atoms with E-state index in [1.807, 2.05) is 32.0 Å². The van der Waals surface area contributed by atoms with Crippen molar-refractivity contribution in [2.45, 2.75) is 26.0 Å². The number of nitrogens with zero attached hydrogens (tertiary/aromatic N) is 2. The average molecular weight is 281 g/mol. The number of hydrogen-bond donors (Lipinski definition) is 2. The molecule has 0 aliphatic heterocycles. The van der Waals surface area contributed by atoms with Gasteiger partial charge >= 0.3 is 0 Å². The summed E-state index contributed by atoms with van der Waals surface area (Å²) in [6.45, 7) is 4.67. The van der Waals surface area contributed by atoms with Crippen molar-refractivity contribution in [3.63, 3.8) is 0 Å². The van der Waals surface area contributed by atoms with E-state index in [0.29, 0.717) is 18.7 Å². The summed E-state index contributed by atoms with van der Waals surface area (Å²) in [4.78, 5) is 12.5. The molecule has 0 saturated carbocycles. The Labute approximate surface area is 119 Å². The molecule has 0 aromatic heterocycles. The summed E-state index contributed by atoms with van der Waals surface area (Å²) in [6.07, 6.45) is -0.465. The number of rotatable bonds is 7. The van der Waals surface area contributed by atoms with E-state index in [2.05, 4.69) is 5.32 Å². The Morgan fingerprint density at radius 1 is 1.45 bits per heavy atom. The van der Waals surface area contributed by atoms with Gasteiger partial charge < -0.3 is 15.3 Å². The number of nitro benzene ring substituents is 1. The lowest BCUT2D eigenvalue weighted by Crippen LogP contribution is -2.36. The monoisotopic (exact) mass is 281 g/mol. The molecule has 0 radical (unpaired) electrons. The van der Waals surface area contributed by atoms with Crippen LogP contribution in [0.2, 0.25) is 0 Å². The first-order valence-electron chi connectivity index (χ1n) is 6.62. The Morgan fingerprint density at radius 2 is 2.10 bits per heavy atom. The lowest BCUT2D eigenvalue weighted by atomic mass is 10.0. The zero-order chi connectivity index (χ0) is 15.3. The van der Waals surface area contributed by atoms with Crippen LogP contribution in [0.15, 0.2) is 18.2 Å². The maximum absolute atomic E-state index is 10.9. The molecule has 6 heteroatoms. The lowest BCUT2D eigenvalue weighted by Gasteiger charge is -2.20. The van der Waals surface area contributed by atoms with Gasteiger partial charge in [-0.3, -0.25) is 10.1 Å². The third-order valence-corrected chi connectivity index (χ3v) is 3.17. The standard InChI is InChI=1S/C14H23N3O3/c1-10-5-6-12(7-14(10)17(19)20)11(2)15-8-13(18)9-16(3)4/h5-7,11,13,15,18H,8-9H2,1-4H3. The van der Waals surface area contributed by atoms with E-state index in [9.17, 15) is 15.2 Å². The zero-order valence-corrected chi connectivity index (χ0v) is 12.5. The van der Waals surface area contributed by atoms with E-state index in [-0.39, 0.29) is 16.7 Å². The minimum atomic E-state index is -0.465. The molecule has 0 bridgehead atoms. The fourth-order valence-electron chi connectivity index (χ4n) is 2.01. The number of nitro groups is 1. The molecule has 2 unspecified atom stereocenters. The van der Waals surface area contributed by atoms with Gasteiger partial charge in [0.05, 0.1) is 11.0 Å². The van der Waals surface area contributed by atoms with Crippen LogP contribution in [0.5, 0.6) is 0 Å². The van der Waals surface area contributed by atoms with Gasteiger partial charge in [0.2, 0.25) is 0 Å². The van der Waals surface area contributed by atoms with Crippen LogP contribution in [0.1, 0.15) is 24.1 Å². The predicted octanol–water partition coefficient (Wildman–Crippen LogP) is 1.48. The van der Waals surface area contributed by atoms with E-state index in [0.717, 1.165) is 5.56 Å². The normalized spacial score (nSPS) is 14.3. The van der Waals surface area contributed by atoms with Crippen molar-refractivity contribution in [3.05, 3.63) is 39.4 Å². The first kappa shape index (κ1) is 16.6. The van der Waals surface area contributed by atoms with E-state index in [4.69, 9.17) is 0 Å². The van der Waals surface area contributed by atoms with Gasteiger partial charge in [-0.25, -0.2) is 0 Å². The van der Waals surface area contributed by atoms with Gasteiger partial charge in [-0.1, -0.05) is 12.1 Å². The second kappa shape index (κ2) is 7.33. The van der Waals surface area contributed by atoms with Crippen LogP contribution in [0, 0.1) is 17.0 Å². The Morgan fingerprint density at radius 3 is 2.65 bits per heavy atom. The summed E-state index contributed by atoms with van der Waals surface area (Å²) < 4.78 is 0. The number of aliphatic hydroxyl groups is 1. The molecule has 0 saturated heterocycles. The summed E-state index contributed by atoms with van der Waals surface area (Å²) >= 11 is 0. The fraction of sp³-hybridized carbons (Fsp3) is 0.571. The molecule has 20 heavy (non-hydrogen) atoms.